The number of Topliss-reactive ketones (excluding diaryl/α,β-unsaturated/α-hetero) is 1. The number of carbonyl (C=O) groups excluding carboxylic acids is 1. The number of carbonyl (C=O) groups is 1. The first kappa shape index (κ1) is 27.0. The SMILES string of the molecule is CCN1NCC=C1SN1CCC2Cc3c(cnn3-c3ccc(F)cc3)CC2(C(=O)c2cc(C(F)(F)F)ccn2)C1. The highest BCUT2D eigenvalue weighted by molar-refractivity contribution is 8.00. The van der Waals surface area contributed by atoms with Gasteiger partial charge in [-0.3, -0.25) is 9.78 Å². The summed E-state index contributed by atoms with van der Waals surface area (Å²) < 4.78 is 58.1. The predicted octanol–water partition coefficient (Wildman–Crippen LogP) is 5.04. The number of alkyl halides is 3. The lowest BCUT2D eigenvalue weighted by Crippen LogP contribution is -2.55. The molecule has 3 aliphatic rings. The second kappa shape index (κ2) is 10.3. The second-order valence-electron chi connectivity index (χ2n) is 10.4. The first-order valence-electron chi connectivity index (χ1n) is 13.2. The van der Waals surface area contributed by atoms with Crippen LogP contribution in [-0.2, 0) is 19.0 Å². The van der Waals surface area contributed by atoms with Crippen LogP contribution in [0.15, 0.2) is 59.9 Å². The van der Waals surface area contributed by atoms with E-state index in [9.17, 15) is 22.4 Å². The van der Waals surface area contributed by atoms with Gasteiger partial charge in [0.1, 0.15) is 11.5 Å². The minimum Gasteiger partial charge on any atom is -0.301 e. The zero-order valence-corrected chi connectivity index (χ0v) is 22.6. The molecule has 3 aromatic rings. The van der Waals surface area contributed by atoms with Crippen LogP contribution in [0.5, 0.6) is 0 Å². The third kappa shape index (κ3) is 4.82. The molecule has 1 aliphatic carbocycles. The molecule has 12 heteroatoms. The highest BCUT2D eigenvalue weighted by Crippen LogP contribution is 2.49. The summed E-state index contributed by atoms with van der Waals surface area (Å²) in [6.07, 6.45) is 1.83. The molecule has 1 fully saturated rings. The van der Waals surface area contributed by atoms with Crippen LogP contribution in [-0.4, -0.2) is 56.0 Å². The van der Waals surface area contributed by atoms with E-state index in [1.807, 2.05) is 11.9 Å². The summed E-state index contributed by atoms with van der Waals surface area (Å²) in [4.78, 5) is 18.4. The van der Waals surface area contributed by atoms with E-state index in [1.54, 1.807) is 35.0 Å². The first-order chi connectivity index (χ1) is 19.2. The number of hydrazine groups is 1. The lowest BCUT2D eigenvalue weighted by atomic mass is 9.60. The molecular weight excluding hydrogens is 544 g/mol. The second-order valence-corrected chi connectivity index (χ2v) is 11.5. The fourth-order valence-corrected chi connectivity index (χ4v) is 7.27. The van der Waals surface area contributed by atoms with Crippen LogP contribution in [0.2, 0.25) is 0 Å². The number of rotatable bonds is 6. The van der Waals surface area contributed by atoms with Gasteiger partial charge in [0.2, 0.25) is 0 Å². The number of nitrogens with zero attached hydrogens (tertiary/aromatic N) is 5. The molecule has 1 aromatic carbocycles. The molecule has 2 unspecified atom stereocenters. The highest BCUT2D eigenvalue weighted by Gasteiger charge is 2.53. The molecule has 0 spiro atoms. The molecule has 6 rings (SSSR count). The molecule has 2 aromatic heterocycles. The smallest absolute Gasteiger partial charge is 0.301 e. The molecule has 0 saturated carbocycles. The van der Waals surface area contributed by atoms with Crippen molar-refractivity contribution in [3.05, 3.63) is 88.2 Å². The maximum atomic E-state index is 14.3. The van der Waals surface area contributed by atoms with Crippen LogP contribution in [0.1, 0.15) is 40.7 Å². The Hall–Kier alpha value is -3.22. The van der Waals surface area contributed by atoms with E-state index >= 15 is 0 Å². The Morgan fingerprint density at radius 2 is 2.02 bits per heavy atom. The summed E-state index contributed by atoms with van der Waals surface area (Å²) in [5, 5.41) is 7.65. The molecule has 2 atom stereocenters. The van der Waals surface area contributed by atoms with Crippen LogP contribution in [0.25, 0.3) is 5.69 Å². The van der Waals surface area contributed by atoms with Crippen LogP contribution in [0.3, 0.4) is 0 Å². The number of ketones is 1. The minimum absolute atomic E-state index is 0.130. The Kier molecular flexibility index (Phi) is 6.96. The summed E-state index contributed by atoms with van der Waals surface area (Å²) >= 11 is 1.57. The Labute approximate surface area is 233 Å². The van der Waals surface area contributed by atoms with Gasteiger partial charge in [-0.2, -0.15) is 18.3 Å². The van der Waals surface area contributed by atoms with Crippen molar-refractivity contribution in [1.29, 1.82) is 0 Å². The van der Waals surface area contributed by atoms with Gasteiger partial charge >= 0.3 is 6.18 Å². The van der Waals surface area contributed by atoms with Gasteiger partial charge in [0.15, 0.2) is 5.78 Å². The van der Waals surface area contributed by atoms with Crippen LogP contribution in [0, 0.1) is 17.2 Å². The number of piperidine rings is 1. The molecule has 2 aliphatic heterocycles. The lowest BCUT2D eigenvalue weighted by molar-refractivity contribution is -0.137. The van der Waals surface area contributed by atoms with E-state index < -0.39 is 17.2 Å². The third-order valence-electron chi connectivity index (χ3n) is 8.07. The molecule has 40 heavy (non-hydrogen) atoms. The molecular formula is C28H28F4N6OS. The van der Waals surface area contributed by atoms with Gasteiger partial charge in [0, 0.05) is 38.1 Å². The Morgan fingerprint density at radius 1 is 1.23 bits per heavy atom. The van der Waals surface area contributed by atoms with Crippen molar-refractivity contribution in [3.63, 3.8) is 0 Å². The van der Waals surface area contributed by atoms with E-state index in [1.165, 1.54) is 12.1 Å². The average molecular weight is 573 g/mol. The normalized spacial score (nSPS) is 23.1. The number of aromatic nitrogens is 3. The van der Waals surface area contributed by atoms with Crippen molar-refractivity contribution in [2.45, 2.75) is 32.4 Å². The number of hydrogen-bond acceptors (Lipinski definition) is 7. The minimum atomic E-state index is -4.58. The zero-order valence-electron chi connectivity index (χ0n) is 21.8. The number of nitrogens with one attached hydrogen (secondary N) is 1. The summed E-state index contributed by atoms with van der Waals surface area (Å²) in [5.41, 5.74) is 3.78. The van der Waals surface area contributed by atoms with Crippen molar-refractivity contribution >= 4 is 17.7 Å². The summed E-state index contributed by atoms with van der Waals surface area (Å²) in [6, 6.07) is 7.83. The van der Waals surface area contributed by atoms with E-state index in [-0.39, 0.29) is 23.2 Å². The Morgan fingerprint density at radius 3 is 2.77 bits per heavy atom. The maximum absolute atomic E-state index is 14.3. The van der Waals surface area contributed by atoms with Crippen molar-refractivity contribution in [1.82, 2.24) is 29.5 Å². The highest BCUT2D eigenvalue weighted by atomic mass is 32.2. The number of fused-ring (bicyclic) bond motifs is 2. The predicted molar refractivity (Wildman–Crippen MR) is 143 cm³/mol. The fourth-order valence-electron chi connectivity index (χ4n) is 6.07. The summed E-state index contributed by atoms with van der Waals surface area (Å²) in [6.45, 7) is 4.63. The van der Waals surface area contributed by atoms with Gasteiger partial charge in [-0.15, -0.1) is 0 Å². The zero-order chi connectivity index (χ0) is 28.1. The van der Waals surface area contributed by atoms with Gasteiger partial charge in [0.25, 0.3) is 0 Å². The molecule has 0 bridgehead atoms. The van der Waals surface area contributed by atoms with Gasteiger partial charge in [0.05, 0.1) is 27.9 Å². The quantitative estimate of drug-likeness (QED) is 0.252. The van der Waals surface area contributed by atoms with Gasteiger partial charge < -0.3 is 5.01 Å². The van der Waals surface area contributed by atoms with Gasteiger partial charge in [-0.05, 0) is 92.1 Å². The summed E-state index contributed by atoms with van der Waals surface area (Å²) in [7, 11) is 0. The number of hydrogen-bond donors (Lipinski definition) is 1. The molecule has 1 saturated heterocycles. The van der Waals surface area contributed by atoms with Gasteiger partial charge in [-0.1, -0.05) is 0 Å². The maximum Gasteiger partial charge on any atom is 0.416 e. The van der Waals surface area contributed by atoms with E-state index in [2.05, 4.69) is 25.9 Å². The molecule has 7 nitrogen and oxygen atoms in total. The van der Waals surface area contributed by atoms with Crippen molar-refractivity contribution < 1.29 is 22.4 Å². The van der Waals surface area contributed by atoms with Crippen LogP contribution < -0.4 is 5.43 Å². The van der Waals surface area contributed by atoms with Crippen molar-refractivity contribution in [2.24, 2.45) is 11.3 Å². The monoisotopic (exact) mass is 572 g/mol. The van der Waals surface area contributed by atoms with Crippen molar-refractivity contribution in [2.75, 3.05) is 26.2 Å². The van der Waals surface area contributed by atoms with Crippen LogP contribution in [0.4, 0.5) is 17.6 Å². The molecule has 210 valence electrons. The van der Waals surface area contributed by atoms with E-state index in [0.717, 1.165) is 54.3 Å². The largest absolute Gasteiger partial charge is 0.416 e. The number of halogens is 4. The lowest BCUT2D eigenvalue weighted by Gasteiger charge is -2.49. The molecule has 0 radical (unpaired) electrons. The van der Waals surface area contributed by atoms with Gasteiger partial charge in [-0.25, -0.2) is 18.8 Å². The number of benzene rings is 1. The van der Waals surface area contributed by atoms with Crippen molar-refractivity contribution in [3.8, 4) is 5.69 Å². The average Bonchev–Trinajstić information content (AvgIpc) is 3.57. The standard InChI is InChI=1S/C28H28F4N6OS/c1-2-37-25(8-11-34-37)40-36-12-9-19-14-24-18(16-35-38(24)22-5-3-21(29)4-6-22)15-27(19,17-36)26(39)23-13-20(7-10-33-23)28(30,31)32/h3-8,10,13,16,19,34H,2,9,11-12,14-15,17H2,1H3. The first-order valence-corrected chi connectivity index (χ1v) is 14.0. The van der Waals surface area contributed by atoms with Crippen LogP contribution >= 0.6 is 11.9 Å². The van der Waals surface area contributed by atoms with E-state index in [0.29, 0.717) is 31.5 Å². The number of pyridine rings is 1. The summed E-state index contributed by atoms with van der Waals surface area (Å²) in [5.74, 6) is -0.850. The Bertz CT molecular complexity index is 1460. The van der Waals surface area contributed by atoms with E-state index in [4.69, 9.17) is 0 Å². The molecule has 1 N–H and O–H groups in total. The molecule has 4 heterocycles. The topological polar surface area (TPSA) is 66.3 Å². The fraction of sp³-hybridized carbons (Fsp3) is 0.393. The molecule has 0 amide bonds. The Balaban J connectivity index is 1.38. The third-order valence-corrected chi connectivity index (χ3v) is 9.22.